The fraction of sp³-hybridized carbons (Fsp3) is 0.625. The van der Waals surface area contributed by atoms with Gasteiger partial charge in [0, 0.05) is 25.7 Å². The topological polar surface area (TPSA) is 18.5 Å². The predicted octanol–water partition coefficient (Wildman–Crippen LogP) is 2.54. The molecule has 0 spiro atoms. The van der Waals surface area contributed by atoms with Crippen LogP contribution in [-0.2, 0) is 0 Å². The highest BCUT2D eigenvalue weighted by Crippen LogP contribution is 2.35. The van der Waals surface area contributed by atoms with Gasteiger partial charge in [0.2, 0.25) is 0 Å². The highest BCUT2D eigenvalue weighted by Gasteiger charge is 2.38. The molecule has 2 aliphatic rings. The molecule has 0 radical (unpaired) electrons. The van der Waals surface area contributed by atoms with E-state index >= 15 is 0 Å². The number of nitrogens with zero attached hydrogens (tertiary/aromatic N) is 2. The van der Waals surface area contributed by atoms with Gasteiger partial charge in [-0.05, 0) is 50.8 Å². The van der Waals surface area contributed by atoms with E-state index in [0.717, 1.165) is 32.6 Å². The summed E-state index contributed by atoms with van der Waals surface area (Å²) in [5.74, 6) is 0. The van der Waals surface area contributed by atoms with Crippen LogP contribution < -0.4 is 5.32 Å². The first-order valence-corrected chi connectivity index (χ1v) is 7.66. The number of rotatable bonds is 4. The number of likely N-dealkylation sites (N-methyl/N-ethyl adjacent to an activating group) is 1. The van der Waals surface area contributed by atoms with Crippen LogP contribution in [0.25, 0.3) is 0 Å². The Morgan fingerprint density at radius 2 is 2.09 bits per heavy atom. The fourth-order valence-corrected chi connectivity index (χ4v) is 2.95. The molecule has 1 unspecified atom stereocenters. The van der Waals surface area contributed by atoms with E-state index in [1.165, 1.54) is 12.3 Å². The van der Waals surface area contributed by atoms with Gasteiger partial charge in [-0.15, -0.1) is 0 Å². The lowest BCUT2D eigenvalue weighted by Crippen LogP contribution is -2.34. The Hall–Kier alpha value is -1.27. The summed E-state index contributed by atoms with van der Waals surface area (Å²) in [5.41, 5.74) is -0.102. The van der Waals surface area contributed by atoms with Crippen molar-refractivity contribution in [3.63, 3.8) is 0 Å². The quantitative estimate of drug-likeness (QED) is 0.860. The van der Waals surface area contributed by atoms with Crippen molar-refractivity contribution in [1.82, 2.24) is 15.1 Å². The molecule has 1 aliphatic heterocycles. The summed E-state index contributed by atoms with van der Waals surface area (Å²) in [6.07, 6.45) is 1.71. The summed E-state index contributed by atoms with van der Waals surface area (Å²) in [5, 5.41) is 2.85. The van der Waals surface area contributed by atoms with Gasteiger partial charge in [0.05, 0.1) is 5.57 Å². The Balaban J connectivity index is 2.08. The number of halogens is 3. The maximum atomic E-state index is 13.3. The van der Waals surface area contributed by atoms with E-state index in [1.807, 2.05) is 0 Å². The first kappa shape index (κ1) is 17.1. The van der Waals surface area contributed by atoms with Gasteiger partial charge in [0.1, 0.15) is 0 Å². The smallest absolute Gasteiger partial charge is 0.385 e. The summed E-state index contributed by atoms with van der Waals surface area (Å²) >= 11 is 0. The van der Waals surface area contributed by atoms with Crippen LogP contribution in [0.3, 0.4) is 0 Å². The van der Waals surface area contributed by atoms with Crippen LogP contribution in [0.4, 0.5) is 13.2 Å². The van der Waals surface area contributed by atoms with Gasteiger partial charge in [-0.25, -0.2) is 0 Å². The summed E-state index contributed by atoms with van der Waals surface area (Å²) in [4.78, 5) is 4.34. The molecule has 6 heteroatoms. The molecule has 0 aromatic carbocycles. The van der Waals surface area contributed by atoms with E-state index in [0.29, 0.717) is 18.5 Å². The molecule has 0 saturated carbocycles. The van der Waals surface area contributed by atoms with Crippen LogP contribution >= 0.6 is 0 Å². The van der Waals surface area contributed by atoms with E-state index in [-0.39, 0.29) is 6.04 Å². The molecule has 1 N–H and O–H groups in total. The van der Waals surface area contributed by atoms with Gasteiger partial charge in [0.25, 0.3) is 0 Å². The molecule has 0 bridgehead atoms. The molecule has 1 atom stereocenters. The Bertz CT molecular complexity index is 454. The molecule has 1 aliphatic carbocycles. The molecule has 0 amide bonds. The van der Waals surface area contributed by atoms with Crippen molar-refractivity contribution in [3.05, 3.63) is 36.1 Å². The van der Waals surface area contributed by atoms with Gasteiger partial charge in [0.15, 0.2) is 0 Å². The lowest BCUT2D eigenvalue weighted by atomic mass is 9.93. The third-order valence-corrected chi connectivity index (χ3v) is 4.18. The molecule has 22 heavy (non-hydrogen) atoms. The Labute approximate surface area is 130 Å². The highest BCUT2D eigenvalue weighted by atomic mass is 19.4. The van der Waals surface area contributed by atoms with Crippen LogP contribution in [-0.4, -0.2) is 61.8 Å². The molecule has 0 aromatic rings. The van der Waals surface area contributed by atoms with Gasteiger partial charge in [-0.1, -0.05) is 12.7 Å². The van der Waals surface area contributed by atoms with Crippen molar-refractivity contribution in [1.29, 1.82) is 0 Å². The Kier molecular flexibility index (Phi) is 5.69. The molecule has 124 valence electrons. The van der Waals surface area contributed by atoms with Crippen molar-refractivity contribution in [2.24, 2.45) is 0 Å². The van der Waals surface area contributed by atoms with Crippen molar-refractivity contribution in [3.8, 4) is 0 Å². The zero-order chi connectivity index (χ0) is 16.2. The molecule has 1 saturated heterocycles. The van der Waals surface area contributed by atoms with E-state index in [4.69, 9.17) is 0 Å². The molecule has 0 aromatic heterocycles. The maximum Gasteiger partial charge on any atom is 0.416 e. The Morgan fingerprint density at radius 3 is 2.77 bits per heavy atom. The standard InChI is InChI=1S/C16H24F3N3/c1-3-20-14-6-5-13(15(11-14)16(17,18)19)12-22-8-4-7-21(2)9-10-22/h3,5,11,14,20H,1,4,6-10,12H2,2H3. The average Bonchev–Trinajstić information content (AvgIpc) is 2.65. The summed E-state index contributed by atoms with van der Waals surface area (Å²) in [6.45, 7) is 7.46. The second-order valence-corrected chi connectivity index (χ2v) is 5.95. The number of hydrogen-bond donors (Lipinski definition) is 1. The molecule has 1 fully saturated rings. The minimum absolute atomic E-state index is 0.326. The lowest BCUT2D eigenvalue weighted by molar-refractivity contribution is -0.0904. The molecular formula is C16H24F3N3. The van der Waals surface area contributed by atoms with Crippen LogP contribution in [0.15, 0.2) is 36.1 Å². The van der Waals surface area contributed by atoms with Crippen molar-refractivity contribution < 1.29 is 13.2 Å². The average molecular weight is 315 g/mol. The van der Waals surface area contributed by atoms with Gasteiger partial charge in [-0.2, -0.15) is 13.2 Å². The molecule has 2 rings (SSSR count). The minimum Gasteiger partial charge on any atom is -0.385 e. The fourth-order valence-electron chi connectivity index (χ4n) is 2.95. The zero-order valence-electron chi connectivity index (χ0n) is 13.0. The van der Waals surface area contributed by atoms with E-state index in [2.05, 4.69) is 28.7 Å². The van der Waals surface area contributed by atoms with Gasteiger partial charge < -0.3 is 10.2 Å². The molecule has 1 heterocycles. The largest absolute Gasteiger partial charge is 0.416 e. The van der Waals surface area contributed by atoms with Crippen molar-refractivity contribution in [2.45, 2.75) is 25.1 Å². The number of nitrogens with one attached hydrogen (secondary N) is 1. The summed E-state index contributed by atoms with van der Waals surface area (Å²) in [7, 11) is 2.05. The molecule has 3 nitrogen and oxygen atoms in total. The zero-order valence-corrected chi connectivity index (χ0v) is 13.0. The van der Waals surface area contributed by atoms with Crippen molar-refractivity contribution in [2.75, 3.05) is 39.8 Å². The SMILES string of the molecule is C=CNC1C=C(C(F)(F)F)C(CN2CCCN(C)CC2)=CC1. The first-order chi connectivity index (χ1) is 10.4. The second-order valence-electron chi connectivity index (χ2n) is 5.95. The lowest BCUT2D eigenvalue weighted by Gasteiger charge is -2.28. The van der Waals surface area contributed by atoms with E-state index < -0.39 is 11.7 Å². The van der Waals surface area contributed by atoms with Crippen LogP contribution in [0, 0.1) is 0 Å². The minimum atomic E-state index is -4.31. The second kappa shape index (κ2) is 7.33. The number of hydrogen-bond acceptors (Lipinski definition) is 3. The summed E-state index contributed by atoms with van der Waals surface area (Å²) < 4.78 is 39.9. The van der Waals surface area contributed by atoms with Crippen LogP contribution in [0.2, 0.25) is 0 Å². The van der Waals surface area contributed by atoms with Crippen LogP contribution in [0.5, 0.6) is 0 Å². The maximum absolute atomic E-state index is 13.3. The monoisotopic (exact) mass is 315 g/mol. The normalized spacial score (nSPS) is 25.2. The van der Waals surface area contributed by atoms with Gasteiger partial charge >= 0.3 is 6.18 Å². The van der Waals surface area contributed by atoms with Crippen molar-refractivity contribution >= 4 is 0 Å². The predicted molar refractivity (Wildman–Crippen MR) is 82.5 cm³/mol. The molecular weight excluding hydrogens is 291 g/mol. The van der Waals surface area contributed by atoms with E-state index in [1.54, 1.807) is 6.08 Å². The third-order valence-electron chi connectivity index (χ3n) is 4.18. The number of alkyl halides is 3. The first-order valence-electron chi connectivity index (χ1n) is 7.66. The highest BCUT2D eigenvalue weighted by molar-refractivity contribution is 5.40. The van der Waals surface area contributed by atoms with Gasteiger partial charge in [-0.3, -0.25) is 4.90 Å². The van der Waals surface area contributed by atoms with Crippen LogP contribution in [0.1, 0.15) is 12.8 Å². The summed E-state index contributed by atoms with van der Waals surface area (Å²) in [6, 6.07) is -0.326. The Morgan fingerprint density at radius 1 is 1.32 bits per heavy atom. The third kappa shape index (κ3) is 4.61. The van der Waals surface area contributed by atoms with E-state index in [9.17, 15) is 13.2 Å².